The number of nitrogens with zero attached hydrogens (tertiary/aromatic N) is 1. The molecule has 1 heterocycles. The van der Waals surface area contributed by atoms with Gasteiger partial charge >= 0.3 is 0 Å². The summed E-state index contributed by atoms with van der Waals surface area (Å²) in [5, 5.41) is 11.6. The summed E-state index contributed by atoms with van der Waals surface area (Å²) < 4.78 is 11.6. The molecule has 0 aliphatic carbocycles. The summed E-state index contributed by atoms with van der Waals surface area (Å²) in [6.07, 6.45) is -0.0284. The minimum Gasteiger partial charge on any atom is -0.507 e. The van der Waals surface area contributed by atoms with Crippen LogP contribution in [0.1, 0.15) is 31.0 Å². The molecule has 1 atom stereocenters. The smallest absolute Gasteiger partial charge is 0.295 e. The second kappa shape index (κ2) is 10.8. The van der Waals surface area contributed by atoms with Crippen molar-refractivity contribution in [2.75, 3.05) is 13.2 Å². The van der Waals surface area contributed by atoms with Gasteiger partial charge in [0.15, 0.2) is 0 Å². The van der Waals surface area contributed by atoms with Crippen LogP contribution in [-0.4, -0.2) is 41.0 Å². The van der Waals surface area contributed by atoms with Gasteiger partial charge in [-0.05, 0) is 55.8 Å². The van der Waals surface area contributed by atoms with Crippen LogP contribution in [0.3, 0.4) is 0 Å². The Morgan fingerprint density at radius 3 is 2.40 bits per heavy atom. The van der Waals surface area contributed by atoms with Crippen LogP contribution in [0.2, 0.25) is 5.02 Å². The van der Waals surface area contributed by atoms with Crippen LogP contribution in [0.25, 0.3) is 5.76 Å². The van der Waals surface area contributed by atoms with Crippen molar-refractivity contribution >= 4 is 29.1 Å². The molecule has 0 bridgehead atoms. The van der Waals surface area contributed by atoms with Gasteiger partial charge in [-0.15, -0.1) is 0 Å². The number of rotatable bonds is 8. The number of carbonyl (C=O) groups is 2. The number of ether oxygens (including phenoxy) is 2. The minimum absolute atomic E-state index is 0.00123. The number of hydrogen-bond donors (Lipinski definition) is 1. The Balaban J connectivity index is 1.78. The average Bonchev–Trinajstić information content (AvgIpc) is 3.09. The highest BCUT2D eigenvalue weighted by atomic mass is 35.5. The van der Waals surface area contributed by atoms with Gasteiger partial charge < -0.3 is 19.5 Å². The largest absolute Gasteiger partial charge is 0.507 e. The van der Waals surface area contributed by atoms with Gasteiger partial charge in [0.1, 0.15) is 17.3 Å². The fourth-order valence-electron chi connectivity index (χ4n) is 4.01. The van der Waals surface area contributed by atoms with Crippen molar-refractivity contribution < 1.29 is 24.2 Å². The monoisotopic (exact) mass is 491 g/mol. The zero-order valence-electron chi connectivity index (χ0n) is 19.5. The molecule has 0 aromatic heterocycles. The van der Waals surface area contributed by atoms with Gasteiger partial charge in [-0.1, -0.05) is 54.1 Å². The molecule has 1 fully saturated rings. The molecule has 7 heteroatoms. The Labute approximate surface area is 209 Å². The second-order valence-electron chi connectivity index (χ2n) is 8.41. The van der Waals surface area contributed by atoms with E-state index in [9.17, 15) is 14.7 Å². The van der Waals surface area contributed by atoms with E-state index >= 15 is 0 Å². The average molecular weight is 492 g/mol. The topological polar surface area (TPSA) is 76.1 Å². The minimum atomic E-state index is -0.816. The van der Waals surface area contributed by atoms with Gasteiger partial charge in [-0.3, -0.25) is 9.59 Å². The third-order valence-electron chi connectivity index (χ3n) is 5.57. The zero-order valence-corrected chi connectivity index (χ0v) is 20.2. The molecule has 4 rings (SSSR count). The van der Waals surface area contributed by atoms with E-state index < -0.39 is 17.7 Å². The molecule has 3 aromatic carbocycles. The van der Waals surface area contributed by atoms with Crippen molar-refractivity contribution in [3.8, 4) is 11.5 Å². The first-order chi connectivity index (χ1) is 16.8. The highest BCUT2D eigenvalue weighted by Crippen LogP contribution is 2.40. The van der Waals surface area contributed by atoms with Gasteiger partial charge in [-0.2, -0.15) is 0 Å². The third kappa shape index (κ3) is 5.56. The number of aliphatic hydroxyl groups excluding tert-OH is 1. The number of aliphatic hydroxyl groups is 1. The molecule has 0 spiro atoms. The number of carbonyl (C=O) groups excluding carboxylic acids is 2. The van der Waals surface area contributed by atoms with Crippen LogP contribution in [0, 0.1) is 0 Å². The van der Waals surface area contributed by atoms with Crippen LogP contribution in [0.4, 0.5) is 0 Å². The van der Waals surface area contributed by atoms with E-state index in [0.717, 1.165) is 0 Å². The molecule has 0 radical (unpaired) electrons. The van der Waals surface area contributed by atoms with Gasteiger partial charge in [0.05, 0.1) is 24.3 Å². The van der Waals surface area contributed by atoms with Crippen LogP contribution < -0.4 is 4.74 Å². The Hall–Kier alpha value is -3.61. The van der Waals surface area contributed by atoms with Gasteiger partial charge in [-0.25, -0.2) is 0 Å². The Bertz CT molecular complexity index is 1250. The van der Waals surface area contributed by atoms with E-state index in [4.69, 9.17) is 21.1 Å². The summed E-state index contributed by atoms with van der Waals surface area (Å²) in [7, 11) is 0. The summed E-state index contributed by atoms with van der Waals surface area (Å²) in [4.78, 5) is 27.7. The lowest BCUT2D eigenvalue weighted by molar-refractivity contribution is -0.140. The fraction of sp³-hybridized carbons (Fsp3) is 0.214. The predicted molar refractivity (Wildman–Crippen MR) is 135 cm³/mol. The standard InChI is InChI=1S/C28H26ClNO5/c1-18(2)34-15-14-30-25(19-8-7-13-23(17-19)35-22-11-4-3-5-12-22)24(27(32)28(30)33)26(31)20-9-6-10-21(29)16-20/h3-13,16-18,25,31H,14-15H2,1-2H3/b26-24-. The number of ketones is 1. The lowest BCUT2D eigenvalue weighted by Crippen LogP contribution is -2.33. The molecule has 1 saturated heterocycles. The van der Waals surface area contributed by atoms with Crippen LogP contribution in [0.5, 0.6) is 11.5 Å². The number of hydrogen-bond acceptors (Lipinski definition) is 5. The number of Topliss-reactive ketones (excluding diaryl/α,β-unsaturated/α-hetero) is 1. The van der Waals surface area contributed by atoms with Crippen molar-refractivity contribution in [1.82, 2.24) is 4.90 Å². The highest BCUT2D eigenvalue weighted by Gasteiger charge is 2.46. The van der Waals surface area contributed by atoms with Crippen molar-refractivity contribution in [3.05, 3.63) is 101 Å². The summed E-state index contributed by atoms with van der Waals surface area (Å²) >= 11 is 6.11. The zero-order chi connectivity index (χ0) is 24.9. The predicted octanol–water partition coefficient (Wildman–Crippen LogP) is 5.98. The molecule has 0 saturated carbocycles. The normalized spacial score (nSPS) is 17.3. The van der Waals surface area contributed by atoms with Crippen molar-refractivity contribution in [1.29, 1.82) is 0 Å². The molecule has 3 aromatic rings. The number of likely N-dealkylation sites (tertiary alicyclic amines) is 1. The maximum absolute atomic E-state index is 13.2. The summed E-state index contributed by atoms with van der Waals surface area (Å²) in [6, 6.07) is 22.2. The van der Waals surface area contributed by atoms with Gasteiger partial charge in [0, 0.05) is 17.1 Å². The highest BCUT2D eigenvalue weighted by molar-refractivity contribution is 6.46. The number of halogens is 1. The number of amides is 1. The molecule has 180 valence electrons. The summed E-state index contributed by atoms with van der Waals surface area (Å²) in [5.74, 6) is -0.535. The second-order valence-corrected chi connectivity index (χ2v) is 8.85. The van der Waals surface area contributed by atoms with E-state index in [1.165, 1.54) is 4.90 Å². The first kappa shape index (κ1) is 24.5. The Kier molecular flexibility index (Phi) is 7.54. The maximum Gasteiger partial charge on any atom is 0.295 e. The SMILES string of the molecule is CC(C)OCCN1C(=O)C(=O)/C(=C(\O)c2cccc(Cl)c2)C1c1cccc(Oc2ccccc2)c1. The molecule has 1 N–H and O–H groups in total. The lowest BCUT2D eigenvalue weighted by atomic mass is 9.95. The number of para-hydroxylation sites is 1. The molecule has 1 unspecified atom stereocenters. The van der Waals surface area contributed by atoms with E-state index in [-0.39, 0.29) is 30.6 Å². The van der Waals surface area contributed by atoms with E-state index in [1.54, 1.807) is 48.5 Å². The van der Waals surface area contributed by atoms with Crippen molar-refractivity contribution in [2.45, 2.75) is 26.0 Å². The third-order valence-corrected chi connectivity index (χ3v) is 5.81. The molecule has 35 heavy (non-hydrogen) atoms. The molecule has 1 aliphatic rings. The first-order valence-electron chi connectivity index (χ1n) is 11.3. The van der Waals surface area contributed by atoms with Crippen molar-refractivity contribution in [2.24, 2.45) is 0 Å². The van der Waals surface area contributed by atoms with Gasteiger partial charge in [0.25, 0.3) is 11.7 Å². The van der Waals surface area contributed by atoms with Crippen molar-refractivity contribution in [3.63, 3.8) is 0 Å². The fourth-order valence-corrected chi connectivity index (χ4v) is 4.20. The molecule has 1 aliphatic heterocycles. The van der Waals surface area contributed by atoms with Crippen LogP contribution in [-0.2, 0) is 14.3 Å². The van der Waals surface area contributed by atoms with E-state index in [0.29, 0.717) is 27.6 Å². The first-order valence-corrected chi connectivity index (χ1v) is 11.7. The molecule has 6 nitrogen and oxygen atoms in total. The quantitative estimate of drug-likeness (QED) is 0.238. The molecule has 1 amide bonds. The van der Waals surface area contributed by atoms with Crippen LogP contribution in [0.15, 0.2) is 84.4 Å². The van der Waals surface area contributed by atoms with Crippen LogP contribution >= 0.6 is 11.6 Å². The summed E-state index contributed by atoms with van der Waals surface area (Å²) in [6.45, 7) is 4.23. The molecular formula is C28H26ClNO5. The Morgan fingerprint density at radius 2 is 1.69 bits per heavy atom. The van der Waals surface area contributed by atoms with E-state index in [1.807, 2.05) is 44.2 Å². The maximum atomic E-state index is 13.2. The van der Waals surface area contributed by atoms with E-state index in [2.05, 4.69) is 0 Å². The summed E-state index contributed by atoms with van der Waals surface area (Å²) in [5.41, 5.74) is 0.986. The number of benzene rings is 3. The lowest BCUT2D eigenvalue weighted by Gasteiger charge is -2.26. The molecular weight excluding hydrogens is 466 g/mol. The Morgan fingerprint density at radius 1 is 0.971 bits per heavy atom. The van der Waals surface area contributed by atoms with Gasteiger partial charge in [0.2, 0.25) is 0 Å².